The minimum atomic E-state index is 0.149. The zero-order chi connectivity index (χ0) is 13.7. The normalized spacial score (nSPS) is 16.3. The number of carbonyl (C=O) groups excluding carboxylic acids is 1. The molecular weight excluding hydrogens is 236 g/mol. The van der Waals surface area contributed by atoms with E-state index in [1.165, 1.54) is 12.8 Å². The van der Waals surface area contributed by atoms with Gasteiger partial charge >= 0.3 is 0 Å². The molecule has 1 fully saturated rings. The van der Waals surface area contributed by atoms with Crippen molar-refractivity contribution in [1.29, 1.82) is 0 Å². The summed E-state index contributed by atoms with van der Waals surface area (Å²) >= 11 is 0. The maximum absolute atomic E-state index is 12.0. The van der Waals surface area contributed by atoms with Crippen molar-refractivity contribution in [2.75, 3.05) is 18.4 Å². The average molecular weight is 260 g/mol. The minimum Gasteiger partial charge on any atom is -0.326 e. The van der Waals surface area contributed by atoms with Crippen LogP contribution in [-0.4, -0.2) is 19.0 Å². The topological polar surface area (TPSA) is 41.1 Å². The number of hydrogen-bond donors (Lipinski definition) is 2. The second-order valence-electron chi connectivity index (χ2n) is 5.55. The lowest BCUT2D eigenvalue weighted by Gasteiger charge is -2.22. The first-order valence-corrected chi connectivity index (χ1v) is 7.23. The molecule has 1 aliphatic heterocycles. The lowest BCUT2D eigenvalue weighted by atomic mass is 9.93. The Morgan fingerprint density at radius 2 is 1.89 bits per heavy atom. The van der Waals surface area contributed by atoms with Crippen LogP contribution in [-0.2, 0) is 4.79 Å². The van der Waals surface area contributed by atoms with Crippen LogP contribution in [0.1, 0.15) is 36.8 Å². The molecule has 0 saturated carbocycles. The van der Waals surface area contributed by atoms with Crippen molar-refractivity contribution in [3.05, 3.63) is 29.3 Å². The van der Waals surface area contributed by atoms with Gasteiger partial charge in [0.15, 0.2) is 0 Å². The quantitative estimate of drug-likeness (QED) is 0.873. The average Bonchev–Trinajstić information content (AvgIpc) is 2.42. The lowest BCUT2D eigenvalue weighted by molar-refractivity contribution is -0.116. The van der Waals surface area contributed by atoms with Crippen LogP contribution in [0.4, 0.5) is 5.69 Å². The number of nitrogens with one attached hydrogen (secondary N) is 2. The van der Waals surface area contributed by atoms with Crippen LogP contribution in [0, 0.1) is 19.8 Å². The summed E-state index contributed by atoms with van der Waals surface area (Å²) in [4.78, 5) is 12.0. The molecule has 104 valence electrons. The molecule has 19 heavy (non-hydrogen) atoms. The number of rotatable bonds is 4. The molecule has 0 radical (unpaired) electrons. The van der Waals surface area contributed by atoms with Crippen LogP contribution >= 0.6 is 0 Å². The van der Waals surface area contributed by atoms with Gasteiger partial charge in [-0.25, -0.2) is 0 Å². The van der Waals surface area contributed by atoms with E-state index in [0.29, 0.717) is 12.3 Å². The van der Waals surface area contributed by atoms with Crippen molar-refractivity contribution in [2.24, 2.45) is 5.92 Å². The number of carbonyl (C=O) groups is 1. The largest absolute Gasteiger partial charge is 0.326 e. The number of piperidine rings is 1. The summed E-state index contributed by atoms with van der Waals surface area (Å²) < 4.78 is 0. The summed E-state index contributed by atoms with van der Waals surface area (Å²) in [6.07, 6.45) is 4.06. The molecule has 1 saturated heterocycles. The summed E-state index contributed by atoms with van der Waals surface area (Å²) in [6.45, 7) is 6.28. The highest BCUT2D eigenvalue weighted by Gasteiger charge is 2.15. The van der Waals surface area contributed by atoms with Gasteiger partial charge in [-0.1, -0.05) is 18.2 Å². The van der Waals surface area contributed by atoms with Gasteiger partial charge in [-0.3, -0.25) is 4.79 Å². The van der Waals surface area contributed by atoms with Gasteiger partial charge in [0.1, 0.15) is 0 Å². The fourth-order valence-corrected chi connectivity index (χ4v) is 2.72. The number of benzene rings is 1. The van der Waals surface area contributed by atoms with Crippen molar-refractivity contribution in [3.63, 3.8) is 0 Å². The van der Waals surface area contributed by atoms with E-state index in [4.69, 9.17) is 0 Å². The Morgan fingerprint density at radius 1 is 1.26 bits per heavy atom. The molecule has 0 atom stereocenters. The molecule has 0 spiro atoms. The van der Waals surface area contributed by atoms with Crippen LogP contribution in [0.15, 0.2) is 18.2 Å². The van der Waals surface area contributed by atoms with Crippen LogP contribution in [0.3, 0.4) is 0 Å². The predicted octanol–water partition coefficient (Wildman–Crippen LogP) is 3.02. The molecule has 2 N–H and O–H groups in total. The SMILES string of the molecule is Cc1cccc(C)c1NC(=O)CCC1CCNCC1. The highest BCUT2D eigenvalue weighted by atomic mass is 16.1. The van der Waals surface area contributed by atoms with E-state index in [2.05, 4.69) is 10.6 Å². The number of aryl methyl sites for hydroxylation is 2. The Balaban J connectivity index is 1.83. The smallest absolute Gasteiger partial charge is 0.224 e. The first kappa shape index (κ1) is 14.1. The molecule has 1 aromatic carbocycles. The maximum atomic E-state index is 12.0. The van der Waals surface area contributed by atoms with Crippen molar-refractivity contribution in [2.45, 2.75) is 39.5 Å². The first-order chi connectivity index (χ1) is 9.16. The molecule has 3 heteroatoms. The number of para-hydroxylation sites is 1. The molecule has 3 nitrogen and oxygen atoms in total. The summed E-state index contributed by atoms with van der Waals surface area (Å²) in [5, 5.41) is 6.42. The Kier molecular flexibility index (Phi) is 4.97. The van der Waals surface area contributed by atoms with Crippen molar-refractivity contribution < 1.29 is 4.79 Å². The highest BCUT2D eigenvalue weighted by molar-refractivity contribution is 5.92. The van der Waals surface area contributed by atoms with E-state index < -0.39 is 0 Å². The number of hydrogen-bond acceptors (Lipinski definition) is 2. The third-order valence-electron chi connectivity index (χ3n) is 3.98. The zero-order valence-electron chi connectivity index (χ0n) is 12.0. The Hall–Kier alpha value is -1.35. The van der Waals surface area contributed by atoms with Crippen molar-refractivity contribution >= 4 is 11.6 Å². The van der Waals surface area contributed by atoms with E-state index in [1.807, 2.05) is 32.0 Å². The van der Waals surface area contributed by atoms with Gasteiger partial charge in [-0.15, -0.1) is 0 Å². The molecule has 1 aromatic rings. The van der Waals surface area contributed by atoms with Gasteiger partial charge in [0.25, 0.3) is 0 Å². The first-order valence-electron chi connectivity index (χ1n) is 7.23. The Bertz CT molecular complexity index is 416. The van der Waals surface area contributed by atoms with Crippen molar-refractivity contribution in [3.8, 4) is 0 Å². The van der Waals surface area contributed by atoms with E-state index in [9.17, 15) is 4.79 Å². The lowest BCUT2D eigenvalue weighted by Crippen LogP contribution is -2.28. The van der Waals surface area contributed by atoms with Crippen molar-refractivity contribution in [1.82, 2.24) is 5.32 Å². The Labute approximate surface area is 115 Å². The molecule has 0 bridgehead atoms. The number of amides is 1. The van der Waals surface area contributed by atoms with Crippen LogP contribution in [0.25, 0.3) is 0 Å². The van der Waals surface area contributed by atoms with Gasteiger partial charge in [0.05, 0.1) is 0 Å². The highest BCUT2D eigenvalue weighted by Crippen LogP contribution is 2.21. The van der Waals surface area contributed by atoms with E-state index in [1.54, 1.807) is 0 Å². The third-order valence-corrected chi connectivity index (χ3v) is 3.98. The molecule has 1 heterocycles. The molecule has 0 unspecified atom stereocenters. The fourth-order valence-electron chi connectivity index (χ4n) is 2.72. The van der Waals surface area contributed by atoms with E-state index in [0.717, 1.165) is 36.3 Å². The Morgan fingerprint density at radius 3 is 2.53 bits per heavy atom. The van der Waals surface area contributed by atoms with Crippen LogP contribution < -0.4 is 10.6 Å². The fraction of sp³-hybridized carbons (Fsp3) is 0.562. The molecule has 2 rings (SSSR count). The zero-order valence-corrected chi connectivity index (χ0v) is 12.0. The summed E-state index contributed by atoms with van der Waals surface area (Å²) in [5.74, 6) is 0.862. The maximum Gasteiger partial charge on any atom is 0.224 e. The second kappa shape index (κ2) is 6.71. The summed E-state index contributed by atoms with van der Waals surface area (Å²) in [6, 6.07) is 6.10. The van der Waals surface area contributed by atoms with Crippen LogP contribution in [0.2, 0.25) is 0 Å². The second-order valence-corrected chi connectivity index (χ2v) is 5.55. The van der Waals surface area contributed by atoms with Gasteiger partial charge < -0.3 is 10.6 Å². The minimum absolute atomic E-state index is 0.149. The molecule has 1 aliphatic rings. The molecule has 1 amide bonds. The van der Waals surface area contributed by atoms with Crippen LogP contribution in [0.5, 0.6) is 0 Å². The molecular formula is C16H24N2O. The molecule has 0 aliphatic carbocycles. The summed E-state index contributed by atoms with van der Waals surface area (Å²) in [7, 11) is 0. The van der Waals surface area contributed by atoms with E-state index in [-0.39, 0.29) is 5.91 Å². The van der Waals surface area contributed by atoms with Gasteiger partial charge in [0, 0.05) is 12.1 Å². The van der Waals surface area contributed by atoms with E-state index >= 15 is 0 Å². The van der Waals surface area contributed by atoms with Gasteiger partial charge in [-0.2, -0.15) is 0 Å². The predicted molar refractivity (Wildman–Crippen MR) is 79.4 cm³/mol. The molecule has 0 aromatic heterocycles. The number of anilines is 1. The monoisotopic (exact) mass is 260 g/mol. The van der Waals surface area contributed by atoms with Gasteiger partial charge in [0.2, 0.25) is 5.91 Å². The van der Waals surface area contributed by atoms with Gasteiger partial charge in [-0.05, 0) is 63.2 Å². The third kappa shape index (κ3) is 4.06. The standard InChI is InChI=1S/C16H24N2O/c1-12-4-3-5-13(2)16(12)18-15(19)7-6-14-8-10-17-11-9-14/h3-5,14,17H,6-11H2,1-2H3,(H,18,19). The summed E-state index contributed by atoms with van der Waals surface area (Å²) in [5.41, 5.74) is 3.25.